The lowest BCUT2D eigenvalue weighted by Crippen LogP contribution is -2.13. The molecule has 0 aromatic heterocycles. The second-order valence-corrected chi connectivity index (χ2v) is 7.44. The Morgan fingerprint density at radius 2 is 1.70 bits per heavy atom. The van der Waals surface area contributed by atoms with E-state index in [0.717, 1.165) is 30.6 Å². The van der Waals surface area contributed by atoms with Gasteiger partial charge in [-0.1, -0.05) is 58.1 Å². The highest BCUT2D eigenvalue weighted by atomic mass is 16.5. The summed E-state index contributed by atoms with van der Waals surface area (Å²) in [6.07, 6.45) is 13.6. The van der Waals surface area contributed by atoms with Gasteiger partial charge in [0.2, 0.25) is 0 Å². The van der Waals surface area contributed by atoms with Crippen LogP contribution in [-0.2, 0) is 0 Å². The number of unbranched alkanes of at least 4 members (excludes halogenated alkanes) is 3. The molecule has 0 bridgehead atoms. The average Bonchev–Trinajstić information content (AvgIpc) is 2.57. The van der Waals surface area contributed by atoms with Gasteiger partial charge in [0.15, 0.2) is 0 Å². The highest BCUT2D eigenvalue weighted by Gasteiger charge is 2.22. The van der Waals surface area contributed by atoms with Gasteiger partial charge in [0.05, 0.1) is 6.61 Å². The first-order valence-electron chi connectivity index (χ1n) is 9.97. The molecule has 0 N–H and O–H groups in total. The van der Waals surface area contributed by atoms with Crippen molar-refractivity contribution in [1.82, 2.24) is 0 Å². The largest absolute Gasteiger partial charge is 0.493 e. The molecule has 1 fully saturated rings. The first-order chi connectivity index (χ1) is 11.2. The molecule has 1 aromatic carbocycles. The Kier molecular flexibility index (Phi) is 7.99. The molecular formula is C22H36O. The molecule has 0 saturated heterocycles. The molecule has 130 valence electrons. The first kappa shape index (κ1) is 18.4. The van der Waals surface area contributed by atoms with Crippen LogP contribution in [0.15, 0.2) is 18.2 Å². The van der Waals surface area contributed by atoms with Crippen molar-refractivity contribution in [2.24, 2.45) is 5.92 Å². The van der Waals surface area contributed by atoms with E-state index in [2.05, 4.69) is 39.0 Å². The third kappa shape index (κ3) is 5.86. The molecule has 0 amide bonds. The third-order valence-corrected chi connectivity index (χ3v) is 5.49. The Hall–Kier alpha value is -0.980. The van der Waals surface area contributed by atoms with Crippen LogP contribution in [0.4, 0.5) is 0 Å². The summed E-state index contributed by atoms with van der Waals surface area (Å²) in [5, 5.41) is 0. The van der Waals surface area contributed by atoms with Crippen molar-refractivity contribution < 1.29 is 4.74 Å². The standard InChI is InChI=1S/C22H36O/c1-4-6-8-9-19-10-12-20(13-11-19)21-14-15-22(18(3)17-21)23-16-7-5-2/h14-15,17,19-20H,4-13,16H2,1-3H3. The van der Waals surface area contributed by atoms with Crippen molar-refractivity contribution in [3.05, 3.63) is 29.3 Å². The van der Waals surface area contributed by atoms with Gasteiger partial charge in [-0.05, 0) is 68.1 Å². The van der Waals surface area contributed by atoms with Gasteiger partial charge < -0.3 is 4.74 Å². The zero-order valence-corrected chi connectivity index (χ0v) is 15.6. The van der Waals surface area contributed by atoms with Crippen LogP contribution in [0.2, 0.25) is 0 Å². The van der Waals surface area contributed by atoms with Crippen molar-refractivity contribution in [3.63, 3.8) is 0 Å². The van der Waals surface area contributed by atoms with Crippen LogP contribution in [0.5, 0.6) is 5.75 Å². The molecule has 1 aliphatic rings. The van der Waals surface area contributed by atoms with Gasteiger partial charge in [-0.25, -0.2) is 0 Å². The molecule has 1 aromatic rings. The highest BCUT2D eigenvalue weighted by Crippen LogP contribution is 2.38. The lowest BCUT2D eigenvalue weighted by molar-refractivity contribution is 0.300. The first-order valence-corrected chi connectivity index (χ1v) is 9.97. The van der Waals surface area contributed by atoms with E-state index in [1.54, 1.807) is 0 Å². The molecule has 0 spiro atoms. The Morgan fingerprint density at radius 3 is 2.35 bits per heavy atom. The van der Waals surface area contributed by atoms with Crippen LogP contribution in [0, 0.1) is 12.8 Å². The van der Waals surface area contributed by atoms with Crippen molar-refractivity contribution in [1.29, 1.82) is 0 Å². The van der Waals surface area contributed by atoms with E-state index < -0.39 is 0 Å². The smallest absolute Gasteiger partial charge is 0.122 e. The molecule has 1 aliphatic carbocycles. The normalized spacial score (nSPS) is 21.3. The number of ether oxygens (including phenoxy) is 1. The van der Waals surface area contributed by atoms with Crippen LogP contribution in [0.3, 0.4) is 0 Å². The fraction of sp³-hybridized carbons (Fsp3) is 0.727. The van der Waals surface area contributed by atoms with Crippen molar-refractivity contribution >= 4 is 0 Å². The molecule has 2 rings (SSSR count). The van der Waals surface area contributed by atoms with Crippen molar-refractivity contribution in [2.75, 3.05) is 6.61 Å². The van der Waals surface area contributed by atoms with Crippen LogP contribution in [-0.4, -0.2) is 6.61 Å². The molecule has 23 heavy (non-hydrogen) atoms. The number of hydrogen-bond donors (Lipinski definition) is 0. The Labute approximate surface area is 143 Å². The lowest BCUT2D eigenvalue weighted by Gasteiger charge is -2.29. The second-order valence-electron chi connectivity index (χ2n) is 7.44. The van der Waals surface area contributed by atoms with E-state index in [4.69, 9.17) is 4.74 Å². The zero-order chi connectivity index (χ0) is 16.5. The summed E-state index contributed by atoms with van der Waals surface area (Å²) in [4.78, 5) is 0. The van der Waals surface area contributed by atoms with E-state index in [1.807, 2.05) is 0 Å². The van der Waals surface area contributed by atoms with E-state index in [-0.39, 0.29) is 0 Å². The van der Waals surface area contributed by atoms with Gasteiger partial charge in [-0.3, -0.25) is 0 Å². The molecular weight excluding hydrogens is 280 g/mol. The topological polar surface area (TPSA) is 9.23 Å². The minimum atomic E-state index is 0.779. The van der Waals surface area contributed by atoms with E-state index in [0.29, 0.717) is 0 Å². The van der Waals surface area contributed by atoms with Crippen LogP contribution in [0.25, 0.3) is 0 Å². The van der Waals surface area contributed by atoms with Crippen LogP contribution in [0.1, 0.15) is 95.1 Å². The predicted molar refractivity (Wildman–Crippen MR) is 100 cm³/mol. The zero-order valence-electron chi connectivity index (χ0n) is 15.6. The average molecular weight is 317 g/mol. The van der Waals surface area contributed by atoms with Gasteiger partial charge in [0.1, 0.15) is 5.75 Å². The molecule has 0 heterocycles. The Bertz CT molecular complexity index is 443. The quantitative estimate of drug-likeness (QED) is 0.444. The summed E-state index contributed by atoms with van der Waals surface area (Å²) in [5.74, 6) is 2.85. The minimum Gasteiger partial charge on any atom is -0.493 e. The molecule has 1 saturated carbocycles. The summed E-state index contributed by atoms with van der Waals surface area (Å²) in [7, 11) is 0. The third-order valence-electron chi connectivity index (χ3n) is 5.49. The van der Waals surface area contributed by atoms with Gasteiger partial charge in [-0.15, -0.1) is 0 Å². The van der Waals surface area contributed by atoms with E-state index >= 15 is 0 Å². The number of benzene rings is 1. The molecule has 0 aliphatic heterocycles. The second kappa shape index (κ2) is 10.0. The summed E-state index contributed by atoms with van der Waals surface area (Å²) in [6.45, 7) is 7.55. The van der Waals surface area contributed by atoms with Crippen molar-refractivity contribution in [3.8, 4) is 5.75 Å². The summed E-state index contributed by atoms with van der Waals surface area (Å²) >= 11 is 0. The summed E-state index contributed by atoms with van der Waals surface area (Å²) in [5.41, 5.74) is 2.85. The lowest BCUT2D eigenvalue weighted by atomic mass is 9.77. The SMILES string of the molecule is CCCCCC1CCC(c2ccc(OCCCC)c(C)c2)CC1. The van der Waals surface area contributed by atoms with Gasteiger partial charge >= 0.3 is 0 Å². The highest BCUT2D eigenvalue weighted by molar-refractivity contribution is 5.37. The molecule has 1 heteroatoms. The fourth-order valence-electron chi connectivity index (χ4n) is 3.88. The number of rotatable bonds is 9. The summed E-state index contributed by atoms with van der Waals surface area (Å²) in [6, 6.07) is 6.90. The maximum atomic E-state index is 5.89. The minimum absolute atomic E-state index is 0.779. The Balaban J connectivity index is 1.82. The molecule has 0 radical (unpaired) electrons. The van der Waals surface area contributed by atoms with Crippen molar-refractivity contribution in [2.45, 2.75) is 90.9 Å². The number of hydrogen-bond acceptors (Lipinski definition) is 1. The maximum Gasteiger partial charge on any atom is 0.122 e. The molecule has 1 nitrogen and oxygen atoms in total. The fourth-order valence-corrected chi connectivity index (χ4v) is 3.88. The number of aryl methyl sites for hydroxylation is 1. The van der Waals surface area contributed by atoms with E-state index in [9.17, 15) is 0 Å². The summed E-state index contributed by atoms with van der Waals surface area (Å²) < 4.78 is 5.89. The monoisotopic (exact) mass is 316 g/mol. The van der Waals surface area contributed by atoms with Crippen LogP contribution >= 0.6 is 0 Å². The van der Waals surface area contributed by atoms with E-state index in [1.165, 1.54) is 68.9 Å². The van der Waals surface area contributed by atoms with Gasteiger partial charge in [0, 0.05) is 0 Å². The molecule has 0 atom stereocenters. The Morgan fingerprint density at radius 1 is 0.957 bits per heavy atom. The van der Waals surface area contributed by atoms with Gasteiger partial charge in [-0.2, -0.15) is 0 Å². The predicted octanol–water partition coefficient (Wildman–Crippen LogP) is 7.03. The van der Waals surface area contributed by atoms with Crippen LogP contribution < -0.4 is 4.74 Å². The van der Waals surface area contributed by atoms with Gasteiger partial charge in [0.25, 0.3) is 0 Å². The molecule has 0 unspecified atom stereocenters. The maximum absolute atomic E-state index is 5.89.